The normalized spacial score (nSPS) is 15.1. The number of hydrogen-bond donors (Lipinski definition) is 2. The van der Waals surface area contributed by atoms with E-state index >= 15 is 0 Å². The van der Waals surface area contributed by atoms with E-state index in [0.717, 1.165) is 35.3 Å². The molecule has 2 N–H and O–H groups in total. The van der Waals surface area contributed by atoms with Gasteiger partial charge < -0.3 is 10.1 Å². The molecule has 88 valence electrons. The maximum absolute atomic E-state index is 9.58. The monoisotopic (exact) mass is 228 g/mol. The fourth-order valence-electron chi connectivity index (χ4n) is 2.55. The van der Waals surface area contributed by atoms with Gasteiger partial charge in [0, 0.05) is 17.4 Å². The highest BCUT2D eigenvalue weighted by molar-refractivity contribution is 6.07. The third kappa shape index (κ3) is 1.54. The number of benzene rings is 1. The van der Waals surface area contributed by atoms with Gasteiger partial charge in [0.1, 0.15) is 5.75 Å². The maximum Gasteiger partial charge on any atom is 0.116 e. The molecule has 1 aromatic heterocycles. The topological polar surface area (TPSA) is 48.4 Å². The van der Waals surface area contributed by atoms with Crippen molar-refractivity contribution in [3.8, 4) is 5.75 Å². The summed E-state index contributed by atoms with van der Waals surface area (Å²) < 4.78 is 0. The largest absolute Gasteiger partial charge is 0.508 e. The van der Waals surface area contributed by atoms with Gasteiger partial charge in [0.25, 0.3) is 0 Å². The summed E-state index contributed by atoms with van der Waals surface area (Å²) in [5.74, 6) is 0.753. The van der Waals surface area contributed by atoms with Crippen LogP contribution in [0.5, 0.6) is 5.75 Å². The number of H-pyrrole nitrogens is 1. The molecular formula is C14H16N2O. The minimum atomic E-state index is 0.327. The Bertz CT molecular complexity index is 608. The number of phenolic OH excluding ortho intramolecular Hbond substituents is 1. The second-order valence-corrected chi connectivity index (χ2v) is 4.88. The highest BCUT2D eigenvalue weighted by atomic mass is 16.3. The lowest BCUT2D eigenvalue weighted by atomic mass is 9.96. The summed E-state index contributed by atoms with van der Waals surface area (Å²) in [4.78, 5) is 8.04. The van der Waals surface area contributed by atoms with Gasteiger partial charge >= 0.3 is 0 Å². The zero-order valence-corrected chi connectivity index (χ0v) is 10.1. The van der Waals surface area contributed by atoms with Crippen LogP contribution >= 0.6 is 0 Å². The van der Waals surface area contributed by atoms with Crippen LogP contribution in [0.4, 0.5) is 0 Å². The number of hydrogen-bond acceptors (Lipinski definition) is 2. The lowest BCUT2D eigenvalue weighted by molar-refractivity contribution is 0.476. The minimum Gasteiger partial charge on any atom is -0.508 e. The number of phenols is 1. The Kier molecular flexibility index (Phi) is 2.21. The van der Waals surface area contributed by atoms with E-state index in [-0.39, 0.29) is 0 Å². The number of aliphatic imine (C=N–C) groups is 1. The van der Waals surface area contributed by atoms with Crippen molar-refractivity contribution >= 4 is 16.6 Å². The molecule has 0 radical (unpaired) electrons. The number of fused-ring (bicyclic) bond motifs is 3. The van der Waals surface area contributed by atoms with E-state index in [2.05, 4.69) is 23.8 Å². The second kappa shape index (κ2) is 3.62. The van der Waals surface area contributed by atoms with Crippen molar-refractivity contribution in [1.82, 2.24) is 4.98 Å². The van der Waals surface area contributed by atoms with Crippen molar-refractivity contribution in [2.45, 2.75) is 20.3 Å². The molecule has 0 spiro atoms. The first-order valence-electron chi connectivity index (χ1n) is 6.05. The van der Waals surface area contributed by atoms with Gasteiger partial charge in [0.05, 0.1) is 11.4 Å². The molecule has 0 atom stereocenters. The van der Waals surface area contributed by atoms with Crippen LogP contribution in [0.2, 0.25) is 0 Å². The molecule has 0 bridgehead atoms. The quantitative estimate of drug-likeness (QED) is 0.774. The average molecular weight is 228 g/mol. The number of nitrogens with one attached hydrogen (secondary N) is 1. The maximum atomic E-state index is 9.58. The zero-order chi connectivity index (χ0) is 12.0. The lowest BCUT2D eigenvalue weighted by Crippen LogP contribution is -2.17. The van der Waals surface area contributed by atoms with Crippen molar-refractivity contribution in [1.29, 1.82) is 0 Å². The molecule has 0 saturated carbocycles. The minimum absolute atomic E-state index is 0.327. The first kappa shape index (κ1) is 10.4. The standard InChI is InChI=1S/C14H16N2O/c1-8(2)13-14-10(5-6-15-13)11-7-9(17)3-4-12(11)16-14/h3-4,7-8,16-17H,5-6H2,1-2H3. The number of aromatic amines is 1. The van der Waals surface area contributed by atoms with E-state index in [0.29, 0.717) is 11.7 Å². The van der Waals surface area contributed by atoms with E-state index in [9.17, 15) is 5.11 Å². The molecule has 1 aliphatic rings. The lowest BCUT2D eigenvalue weighted by Gasteiger charge is -2.15. The summed E-state index contributed by atoms with van der Waals surface area (Å²) >= 11 is 0. The SMILES string of the molecule is CC(C)C1=NCCc2c1[nH]c1ccc(O)cc21. The fraction of sp³-hybridized carbons (Fsp3) is 0.357. The van der Waals surface area contributed by atoms with Crippen LogP contribution < -0.4 is 0 Å². The summed E-state index contributed by atoms with van der Waals surface area (Å²) in [5.41, 5.74) is 4.70. The van der Waals surface area contributed by atoms with Crippen LogP contribution in [-0.4, -0.2) is 22.3 Å². The smallest absolute Gasteiger partial charge is 0.116 e. The molecule has 3 nitrogen and oxygen atoms in total. The Labute approximate surface area is 100 Å². The third-order valence-corrected chi connectivity index (χ3v) is 3.34. The van der Waals surface area contributed by atoms with Gasteiger partial charge in [-0.2, -0.15) is 0 Å². The van der Waals surface area contributed by atoms with Crippen LogP contribution in [0.15, 0.2) is 23.2 Å². The van der Waals surface area contributed by atoms with Crippen LogP contribution in [0.3, 0.4) is 0 Å². The van der Waals surface area contributed by atoms with Gasteiger partial charge in [0.2, 0.25) is 0 Å². The van der Waals surface area contributed by atoms with E-state index < -0.39 is 0 Å². The number of rotatable bonds is 1. The van der Waals surface area contributed by atoms with Gasteiger partial charge in [-0.1, -0.05) is 13.8 Å². The molecule has 0 saturated heterocycles. The van der Waals surface area contributed by atoms with Gasteiger partial charge in [0.15, 0.2) is 0 Å². The van der Waals surface area contributed by atoms with Crippen LogP contribution in [-0.2, 0) is 6.42 Å². The Morgan fingerprint density at radius 3 is 2.94 bits per heavy atom. The molecule has 2 aromatic rings. The van der Waals surface area contributed by atoms with Crippen molar-refractivity contribution in [3.63, 3.8) is 0 Å². The fourth-order valence-corrected chi connectivity index (χ4v) is 2.55. The van der Waals surface area contributed by atoms with Crippen molar-refractivity contribution in [2.75, 3.05) is 6.54 Å². The highest BCUT2D eigenvalue weighted by Gasteiger charge is 2.21. The summed E-state index contributed by atoms with van der Waals surface area (Å²) in [6.07, 6.45) is 0.953. The molecule has 1 aliphatic heterocycles. The summed E-state index contributed by atoms with van der Waals surface area (Å²) in [6.45, 7) is 5.18. The summed E-state index contributed by atoms with van der Waals surface area (Å²) in [6, 6.07) is 5.49. The molecule has 0 amide bonds. The molecule has 17 heavy (non-hydrogen) atoms. The Morgan fingerprint density at radius 2 is 2.18 bits per heavy atom. The second-order valence-electron chi connectivity index (χ2n) is 4.88. The molecule has 1 aromatic carbocycles. The summed E-state index contributed by atoms with van der Waals surface area (Å²) in [7, 11) is 0. The van der Waals surface area contributed by atoms with Gasteiger partial charge in [-0.3, -0.25) is 4.99 Å². The van der Waals surface area contributed by atoms with Crippen molar-refractivity contribution in [3.05, 3.63) is 29.5 Å². The first-order valence-corrected chi connectivity index (χ1v) is 6.05. The predicted molar refractivity (Wildman–Crippen MR) is 69.9 cm³/mol. The zero-order valence-electron chi connectivity index (χ0n) is 10.1. The predicted octanol–water partition coefficient (Wildman–Crippen LogP) is 2.87. The molecule has 2 heterocycles. The molecule has 3 rings (SSSR count). The van der Waals surface area contributed by atoms with E-state index in [1.807, 2.05) is 12.1 Å². The molecule has 0 unspecified atom stereocenters. The third-order valence-electron chi connectivity index (χ3n) is 3.34. The highest BCUT2D eigenvalue weighted by Crippen LogP contribution is 2.30. The van der Waals surface area contributed by atoms with E-state index in [4.69, 9.17) is 0 Å². The number of aromatic hydroxyl groups is 1. The average Bonchev–Trinajstić information content (AvgIpc) is 2.66. The number of aromatic nitrogens is 1. The Hall–Kier alpha value is -1.77. The van der Waals surface area contributed by atoms with Crippen molar-refractivity contribution in [2.24, 2.45) is 10.9 Å². The van der Waals surface area contributed by atoms with Crippen LogP contribution in [0.1, 0.15) is 25.1 Å². The molecule has 3 heteroatoms. The Morgan fingerprint density at radius 1 is 1.35 bits per heavy atom. The van der Waals surface area contributed by atoms with E-state index in [1.54, 1.807) is 6.07 Å². The molecular weight excluding hydrogens is 212 g/mol. The van der Waals surface area contributed by atoms with Crippen LogP contribution in [0, 0.1) is 5.92 Å². The van der Waals surface area contributed by atoms with Crippen LogP contribution in [0.25, 0.3) is 10.9 Å². The number of nitrogens with zero attached hydrogens (tertiary/aromatic N) is 1. The first-order chi connectivity index (χ1) is 8.16. The summed E-state index contributed by atoms with van der Waals surface area (Å²) in [5, 5.41) is 10.7. The molecule has 0 fully saturated rings. The van der Waals surface area contributed by atoms with E-state index in [1.165, 1.54) is 5.56 Å². The Balaban J connectivity index is 2.27. The van der Waals surface area contributed by atoms with Gasteiger partial charge in [-0.25, -0.2) is 0 Å². The molecule has 0 aliphatic carbocycles. The van der Waals surface area contributed by atoms with Crippen molar-refractivity contribution < 1.29 is 5.11 Å². The van der Waals surface area contributed by atoms with Gasteiger partial charge in [-0.15, -0.1) is 0 Å². The van der Waals surface area contributed by atoms with Gasteiger partial charge in [-0.05, 0) is 36.1 Å².